The Labute approximate surface area is 188 Å². The molecule has 0 saturated carbocycles. The van der Waals surface area contributed by atoms with E-state index in [9.17, 15) is 9.59 Å². The maximum absolute atomic E-state index is 13.2. The highest BCUT2D eigenvalue weighted by molar-refractivity contribution is 6.36. The Hall–Kier alpha value is -3.60. The van der Waals surface area contributed by atoms with Gasteiger partial charge in [-0.25, -0.2) is 0 Å². The fourth-order valence-corrected chi connectivity index (χ4v) is 3.84. The molecule has 0 radical (unpaired) electrons. The number of rotatable bonds is 8. The molecule has 0 aliphatic carbocycles. The van der Waals surface area contributed by atoms with Gasteiger partial charge in [0.15, 0.2) is 0 Å². The number of hydrogen-bond donors (Lipinski definition) is 1. The second-order valence-corrected chi connectivity index (χ2v) is 8.39. The van der Waals surface area contributed by atoms with E-state index in [-0.39, 0.29) is 11.8 Å². The molecule has 5 nitrogen and oxygen atoms in total. The summed E-state index contributed by atoms with van der Waals surface area (Å²) in [6, 6.07) is 21.2. The summed E-state index contributed by atoms with van der Waals surface area (Å²) in [6.45, 7) is 7.15. The van der Waals surface area contributed by atoms with E-state index in [0.717, 1.165) is 22.2 Å². The lowest BCUT2D eigenvalue weighted by molar-refractivity contribution is -0.136. The highest BCUT2D eigenvalue weighted by atomic mass is 16.5. The molecule has 1 heterocycles. The molecule has 4 rings (SSSR count). The first-order valence-electron chi connectivity index (χ1n) is 11.1. The topological polar surface area (TPSA) is 58.6 Å². The second kappa shape index (κ2) is 9.27. The molecule has 0 bridgehead atoms. The van der Waals surface area contributed by atoms with Crippen LogP contribution in [0.2, 0.25) is 0 Å². The number of nitrogens with one attached hydrogen (secondary N) is 1. The van der Waals surface area contributed by atoms with Gasteiger partial charge in [0.25, 0.3) is 11.8 Å². The van der Waals surface area contributed by atoms with Crippen LogP contribution in [0, 0.1) is 5.92 Å². The average molecular weight is 429 g/mol. The van der Waals surface area contributed by atoms with Gasteiger partial charge in [0, 0.05) is 17.6 Å². The highest BCUT2D eigenvalue weighted by Gasteiger charge is 2.38. The van der Waals surface area contributed by atoms with Gasteiger partial charge < -0.3 is 10.1 Å². The Bertz CT molecular complexity index is 1170. The number of carbonyl (C=O) groups excluding carboxylic acids is 2. The molecule has 0 spiro atoms. The molecule has 0 aromatic heterocycles. The average Bonchev–Trinajstić information content (AvgIpc) is 3.03. The number of carbonyl (C=O) groups is 2. The molecule has 0 saturated heterocycles. The van der Waals surface area contributed by atoms with Crippen molar-refractivity contribution in [1.82, 2.24) is 4.90 Å². The summed E-state index contributed by atoms with van der Waals surface area (Å²) in [4.78, 5) is 27.8. The summed E-state index contributed by atoms with van der Waals surface area (Å²) in [5, 5.41) is 5.35. The fraction of sp³-hybridized carbons (Fsp3) is 0.259. The number of amides is 2. The number of imide groups is 1. The minimum Gasteiger partial charge on any atom is -0.493 e. The van der Waals surface area contributed by atoms with Crippen LogP contribution >= 0.6 is 0 Å². The standard InChI is InChI=1S/C27H28N2O3/c1-4-16-29-26(30)24(20-12-14-21(15-13-20)32-17-18(2)3)25(27(29)31)28-23-11-7-9-19-8-5-6-10-22(19)23/h5-15,18,28H,4,16-17H2,1-3H3. The first kappa shape index (κ1) is 21.6. The number of benzene rings is 3. The molecule has 0 unspecified atom stereocenters. The van der Waals surface area contributed by atoms with Crippen molar-refractivity contribution in [3.05, 3.63) is 78.0 Å². The molecular formula is C27H28N2O3. The SMILES string of the molecule is CCCN1C(=O)C(Nc2cccc3ccccc23)=C(c2ccc(OCC(C)C)cc2)C1=O. The molecule has 0 fully saturated rings. The number of fused-ring (bicyclic) bond motifs is 1. The van der Waals surface area contributed by atoms with Gasteiger partial charge >= 0.3 is 0 Å². The number of anilines is 1. The van der Waals surface area contributed by atoms with Crippen LogP contribution in [0.5, 0.6) is 5.75 Å². The summed E-state index contributed by atoms with van der Waals surface area (Å²) in [6.07, 6.45) is 0.703. The lowest BCUT2D eigenvalue weighted by Gasteiger charge is -2.14. The zero-order valence-corrected chi connectivity index (χ0v) is 18.7. The minimum atomic E-state index is -0.292. The van der Waals surface area contributed by atoms with Crippen molar-refractivity contribution in [2.75, 3.05) is 18.5 Å². The van der Waals surface area contributed by atoms with E-state index < -0.39 is 0 Å². The van der Waals surface area contributed by atoms with Crippen molar-refractivity contribution in [2.24, 2.45) is 5.92 Å². The van der Waals surface area contributed by atoms with Gasteiger partial charge in [-0.3, -0.25) is 14.5 Å². The van der Waals surface area contributed by atoms with Crippen LogP contribution in [0.25, 0.3) is 16.3 Å². The third-order valence-electron chi connectivity index (χ3n) is 5.39. The summed E-state index contributed by atoms with van der Waals surface area (Å²) in [7, 11) is 0. The molecule has 3 aromatic carbocycles. The number of ether oxygens (including phenoxy) is 1. The molecule has 2 amide bonds. The van der Waals surface area contributed by atoms with Gasteiger partial charge in [-0.1, -0.05) is 69.3 Å². The van der Waals surface area contributed by atoms with Crippen LogP contribution in [0.1, 0.15) is 32.8 Å². The lowest BCUT2D eigenvalue weighted by atomic mass is 10.0. The van der Waals surface area contributed by atoms with Crippen LogP contribution in [-0.2, 0) is 9.59 Å². The quantitative estimate of drug-likeness (QED) is 0.483. The second-order valence-electron chi connectivity index (χ2n) is 8.39. The Kier molecular flexibility index (Phi) is 6.26. The van der Waals surface area contributed by atoms with Crippen molar-refractivity contribution in [3.8, 4) is 5.75 Å². The monoisotopic (exact) mass is 428 g/mol. The third-order valence-corrected chi connectivity index (χ3v) is 5.39. The van der Waals surface area contributed by atoms with Crippen molar-refractivity contribution in [2.45, 2.75) is 27.2 Å². The van der Waals surface area contributed by atoms with Gasteiger partial charge in [0.1, 0.15) is 11.4 Å². The van der Waals surface area contributed by atoms with Gasteiger partial charge in [0.2, 0.25) is 0 Å². The zero-order chi connectivity index (χ0) is 22.7. The molecular weight excluding hydrogens is 400 g/mol. The Morgan fingerprint density at radius 2 is 1.62 bits per heavy atom. The summed E-state index contributed by atoms with van der Waals surface area (Å²) in [5.74, 6) is 0.606. The maximum Gasteiger partial charge on any atom is 0.278 e. The van der Waals surface area contributed by atoms with Crippen LogP contribution < -0.4 is 10.1 Å². The minimum absolute atomic E-state index is 0.268. The first-order chi connectivity index (χ1) is 15.5. The van der Waals surface area contributed by atoms with E-state index in [1.807, 2.05) is 73.7 Å². The van der Waals surface area contributed by atoms with Gasteiger partial charge in [-0.2, -0.15) is 0 Å². The van der Waals surface area contributed by atoms with Crippen molar-refractivity contribution in [1.29, 1.82) is 0 Å². The predicted octanol–water partition coefficient (Wildman–Crippen LogP) is 5.48. The fourth-order valence-electron chi connectivity index (χ4n) is 3.84. The van der Waals surface area contributed by atoms with Gasteiger partial charge in [0.05, 0.1) is 12.2 Å². The van der Waals surface area contributed by atoms with Crippen LogP contribution in [0.4, 0.5) is 5.69 Å². The van der Waals surface area contributed by atoms with E-state index in [0.29, 0.717) is 42.3 Å². The molecule has 164 valence electrons. The van der Waals surface area contributed by atoms with Gasteiger partial charge in [-0.05, 0) is 41.5 Å². The molecule has 5 heteroatoms. The molecule has 0 atom stereocenters. The molecule has 32 heavy (non-hydrogen) atoms. The highest BCUT2D eigenvalue weighted by Crippen LogP contribution is 2.33. The van der Waals surface area contributed by atoms with E-state index in [4.69, 9.17) is 4.74 Å². The van der Waals surface area contributed by atoms with E-state index in [2.05, 4.69) is 19.2 Å². The lowest BCUT2D eigenvalue weighted by Crippen LogP contribution is -2.33. The van der Waals surface area contributed by atoms with Crippen LogP contribution in [0.15, 0.2) is 72.4 Å². The first-order valence-corrected chi connectivity index (χ1v) is 11.1. The Morgan fingerprint density at radius 1 is 0.906 bits per heavy atom. The number of hydrogen-bond acceptors (Lipinski definition) is 4. The van der Waals surface area contributed by atoms with Crippen molar-refractivity contribution >= 4 is 33.8 Å². The van der Waals surface area contributed by atoms with E-state index in [1.165, 1.54) is 4.90 Å². The number of nitrogens with zero attached hydrogens (tertiary/aromatic N) is 1. The van der Waals surface area contributed by atoms with E-state index in [1.54, 1.807) is 0 Å². The summed E-state index contributed by atoms with van der Waals surface area (Å²) >= 11 is 0. The maximum atomic E-state index is 13.2. The largest absolute Gasteiger partial charge is 0.493 e. The van der Waals surface area contributed by atoms with Crippen LogP contribution in [-0.4, -0.2) is 29.9 Å². The summed E-state index contributed by atoms with van der Waals surface area (Å²) in [5.41, 5.74) is 2.20. The van der Waals surface area contributed by atoms with E-state index >= 15 is 0 Å². The zero-order valence-electron chi connectivity index (χ0n) is 18.7. The van der Waals surface area contributed by atoms with Gasteiger partial charge in [-0.15, -0.1) is 0 Å². The normalized spacial score (nSPS) is 14.1. The molecule has 1 aliphatic rings. The molecule has 3 aromatic rings. The molecule has 1 N–H and O–H groups in total. The van der Waals surface area contributed by atoms with Crippen LogP contribution in [0.3, 0.4) is 0 Å². The third kappa shape index (κ3) is 4.24. The molecule has 1 aliphatic heterocycles. The predicted molar refractivity (Wildman–Crippen MR) is 128 cm³/mol. The smallest absolute Gasteiger partial charge is 0.278 e. The van der Waals surface area contributed by atoms with Crippen molar-refractivity contribution < 1.29 is 14.3 Å². The van der Waals surface area contributed by atoms with Crippen molar-refractivity contribution in [3.63, 3.8) is 0 Å². The Morgan fingerprint density at radius 3 is 2.34 bits per heavy atom. The summed E-state index contributed by atoms with van der Waals surface area (Å²) < 4.78 is 5.77. The Balaban J connectivity index is 1.74.